The van der Waals surface area contributed by atoms with Gasteiger partial charge in [0, 0.05) is 6.42 Å². The molecule has 0 nitrogen and oxygen atoms in total. The van der Waals surface area contributed by atoms with Crippen molar-refractivity contribution in [3.63, 3.8) is 0 Å². The van der Waals surface area contributed by atoms with Crippen LogP contribution in [0.4, 0.5) is 0 Å². The molecule has 0 aliphatic heterocycles. The Morgan fingerprint density at radius 2 is 1.50 bits per heavy atom. The Morgan fingerprint density at radius 1 is 0.833 bits per heavy atom. The molecule has 2 aromatic carbocycles. The Hall–Kier alpha value is -0.400. The van der Waals surface area contributed by atoms with E-state index in [0.717, 1.165) is 11.1 Å². The summed E-state index contributed by atoms with van der Waals surface area (Å²) >= 11 is 24.9. The zero-order valence-electron chi connectivity index (χ0n) is 9.34. The first kappa shape index (κ1) is 14.0. The predicted molar refractivity (Wildman–Crippen MR) is 80.0 cm³/mol. The Kier molecular flexibility index (Phi) is 4.45. The van der Waals surface area contributed by atoms with Gasteiger partial charge in [0.25, 0.3) is 0 Å². The minimum Gasteiger partial charge on any atom is -0.0959 e. The molecule has 0 spiro atoms. The second kappa shape index (κ2) is 5.71. The first-order valence-corrected chi connectivity index (χ1v) is 6.88. The van der Waals surface area contributed by atoms with Crippen molar-refractivity contribution in [3.05, 3.63) is 69.7 Å². The van der Waals surface area contributed by atoms with Crippen LogP contribution in [0.2, 0.25) is 10.0 Å². The Labute approximate surface area is 126 Å². The Balaban J connectivity index is 2.31. The summed E-state index contributed by atoms with van der Waals surface area (Å²) in [6.45, 7) is 0. The summed E-state index contributed by atoms with van der Waals surface area (Å²) in [6, 6.07) is 14.9. The van der Waals surface area contributed by atoms with E-state index in [4.69, 9.17) is 46.4 Å². The molecule has 0 bridgehead atoms. The molecule has 2 aromatic rings. The van der Waals surface area contributed by atoms with Gasteiger partial charge in [0.15, 0.2) is 0 Å². The number of halogens is 4. The van der Waals surface area contributed by atoms with Crippen molar-refractivity contribution < 1.29 is 0 Å². The molecule has 0 aliphatic carbocycles. The van der Waals surface area contributed by atoms with Crippen molar-refractivity contribution >= 4 is 46.4 Å². The van der Waals surface area contributed by atoms with Crippen LogP contribution in [0.25, 0.3) is 0 Å². The SMILES string of the molecule is Clc1cccc(CC(Cl)(Cl)c2ccccc2)c1Cl. The average molecular weight is 320 g/mol. The maximum atomic E-state index is 6.38. The second-order valence-corrected chi connectivity index (χ2v) is 6.23. The molecular weight excluding hydrogens is 310 g/mol. The highest BCUT2D eigenvalue weighted by molar-refractivity contribution is 6.48. The predicted octanol–water partition coefficient (Wildman–Crippen LogP) is 5.87. The molecule has 0 N–H and O–H groups in total. The molecular formula is C14H10Cl4. The molecule has 0 aromatic heterocycles. The third-order valence-corrected chi connectivity index (χ3v) is 4.20. The monoisotopic (exact) mass is 318 g/mol. The molecule has 0 saturated carbocycles. The molecule has 4 heteroatoms. The average Bonchev–Trinajstić information content (AvgIpc) is 2.36. The van der Waals surface area contributed by atoms with Gasteiger partial charge in [-0.2, -0.15) is 0 Å². The van der Waals surface area contributed by atoms with Crippen molar-refractivity contribution in [2.24, 2.45) is 0 Å². The second-order valence-electron chi connectivity index (χ2n) is 3.96. The molecule has 0 heterocycles. The summed E-state index contributed by atoms with van der Waals surface area (Å²) in [5.74, 6) is 0. The lowest BCUT2D eigenvalue weighted by Crippen LogP contribution is -2.14. The molecule has 0 atom stereocenters. The molecule has 0 saturated heterocycles. The van der Waals surface area contributed by atoms with E-state index in [1.165, 1.54) is 0 Å². The quantitative estimate of drug-likeness (QED) is 0.621. The lowest BCUT2D eigenvalue weighted by molar-refractivity contribution is 0.837. The van der Waals surface area contributed by atoms with Gasteiger partial charge in [0.2, 0.25) is 0 Å². The highest BCUT2D eigenvalue weighted by Gasteiger charge is 2.27. The number of hydrogen-bond acceptors (Lipinski definition) is 0. The molecule has 0 aliphatic rings. The van der Waals surface area contributed by atoms with E-state index in [-0.39, 0.29) is 0 Å². The van der Waals surface area contributed by atoms with Crippen molar-refractivity contribution in [3.8, 4) is 0 Å². The van der Waals surface area contributed by atoms with Crippen LogP contribution in [0.3, 0.4) is 0 Å². The van der Waals surface area contributed by atoms with Crippen LogP contribution in [0, 0.1) is 0 Å². The molecule has 0 fully saturated rings. The van der Waals surface area contributed by atoms with Crippen LogP contribution in [-0.2, 0) is 10.8 Å². The first-order valence-electron chi connectivity index (χ1n) is 5.37. The van der Waals surface area contributed by atoms with Gasteiger partial charge in [-0.1, -0.05) is 88.9 Å². The van der Waals surface area contributed by atoms with Gasteiger partial charge >= 0.3 is 0 Å². The minimum atomic E-state index is -1.02. The van der Waals surface area contributed by atoms with E-state index in [1.807, 2.05) is 42.5 Å². The van der Waals surface area contributed by atoms with E-state index >= 15 is 0 Å². The van der Waals surface area contributed by atoms with Gasteiger partial charge in [-0.25, -0.2) is 0 Å². The van der Waals surface area contributed by atoms with Gasteiger partial charge in [0.05, 0.1) is 10.0 Å². The third kappa shape index (κ3) is 3.13. The summed E-state index contributed by atoms with van der Waals surface area (Å²) in [5, 5.41) is 1.01. The van der Waals surface area contributed by atoms with Gasteiger partial charge in [-0.05, 0) is 17.2 Å². The van der Waals surface area contributed by atoms with Crippen molar-refractivity contribution in [1.29, 1.82) is 0 Å². The van der Waals surface area contributed by atoms with E-state index in [2.05, 4.69) is 0 Å². The Bertz CT molecular complexity index is 535. The van der Waals surface area contributed by atoms with Crippen LogP contribution < -0.4 is 0 Å². The van der Waals surface area contributed by atoms with Crippen molar-refractivity contribution in [1.82, 2.24) is 0 Å². The minimum absolute atomic E-state index is 0.402. The van der Waals surface area contributed by atoms with E-state index in [1.54, 1.807) is 6.07 Å². The van der Waals surface area contributed by atoms with E-state index in [9.17, 15) is 0 Å². The normalized spacial score (nSPS) is 11.6. The highest BCUT2D eigenvalue weighted by atomic mass is 35.5. The van der Waals surface area contributed by atoms with Gasteiger partial charge in [-0.15, -0.1) is 0 Å². The summed E-state index contributed by atoms with van der Waals surface area (Å²) in [4.78, 5) is 0. The standard InChI is InChI=1S/C14H10Cl4/c15-12-8-4-5-10(13(12)16)9-14(17,18)11-6-2-1-3-7-11/h1-8H,9H2. The number of alkyl halides is 2. The maximum Gasteiger partial charge on any atom is 0.147 e. The van der Waals surface area contributed by atoms with Crippen molar-refractivity contribution in [2.75, 3.05) is 0 Å². The number of hydrogen-bond donors (Lipinski definition) is 0. The highest BCUT2D eigenvalue weighted by Crippen LogP contribution is 2.39. The lowest BCUT2D eigenvalue weighted by Gasteiger charge is -2.21. The Morgan fingerprint density at radius 3 is 2.17 bits per heavy atom. The zero-order valence-corrected chi connectivity index (χ0v) is 12.4. The fourth-order valence-corrected chi connectivity index (χ4v) is 2.64. The summed E-state index contributed by atoms with van der Waals surface area (Å²) in [6.07, 6.45) is 0.402. The summed E-state index contributed by atoms with van der Waals surface area (Å²) in [5.41, 5.74) is 1.67. The molecule has 0 radical (unpaired) electrons. The van der Waals surface area contributed by atoms with Gasteiger partial charge < -0.3 is 0 Å². The molecule has 2 rings (SSSR count). The third-order valence-electron chi connectivity index (χ3n) is 2.64. The van der Waals surface area contributed by atoms with Crippen LogP contribution in [0.1, 0.15) is 11.1 Å². The molecule has 94 valence electrons. The van der Waals surface area contributed by atoms with Crippen LogP contribution >= 0.6 is 46.4 Å². The van der Waals surface area contributed by atoms with Gasteiger partial charge in [0.1, 0.15) is 4.33 Å². The van der Waals surface area contributed by atoms with Crippen LogP contribution in [0.15, 0.2) is 48.5 Å². The number of rotatable bonds is 3. The molecule has 18 heavy (non-hydrogen) atoms. The molecule has 0 amide bonds. The van der Waals surface area contributed by atoms with Crippen LogP contribution in [-0.4, -0.2) is 0 Å². The fourth-order valence-electron chi connectivity index (χ4n) is 1.71. The lowest BCUT2D eigenvalue weighted by atomic mass is 10.0. The zero-order chi connectivity index (χ0) is 13.2. The first-order chi connectivity index (χ1) is 8.50. The molecule has 0 unspecified atom stereocenters. The summed E-state index contributed by atoms with van der Waals surface area (Å²) < 4.78 is -1.02. The summed E-state index contributed by atoms with van der Waals surface area (Å²) in [7, 11) is 0. The van der Waals surface area contributed by atoms with E-state index in [0.29, 0.717) is 16.5 Å². The fraction of sp³-hybridized carbons (Fsp3) is 0.143. The maximum absolute atomic E-state index is 6.38. The number of benzene rings is 2. The topological polar surface area (TPSA) is 0 Å². The van der Waals surface area contributed by atoms with Gasteiger partial charge in [-0.3, -0.25) is 0 Å². The van der Waals surface area contributed by atoms with Crippen LogP contribution in [0.5, 0.6) is 0 Å². The van der Waals surface area contributed by atoms with E-state index < -0.39 is 4.33 Å². The van der Waals surface area contributed by atoms with Crippen molar-refractivity contribution in [2.45, 2.75) is 10.8 Å². The smallest absolute Gasteiger partial charge is 0.0959 e. The largest absolute Gasteiger partial charge is 0.147 e.